The number of halogens is 2. The van der Waals surface area contributed by atoms with Crippen LogP contribution in [0.1, 0.15) is 18.4 Å². The number of phenolic OH excluding ortho intramolecular Hbond substituents is 1. The molecule has 2 N–H and O–H groups in total. The molecular weight excluding hydrogens is 359 g/mol. The molecule has 0 bridgehead atoms. The van der Waals surface area contributed by atoms with Crippen LogP contribution in [0, 0.1) is 5.82 Å². The lowest BCUT2D eigenvalue weighted by Crippen LogP contribution is -2.38. The van der Waals surface area contributed by atoms with Gasteiger partial charge in [-0.25, -0.2) is 4.39 Å². The van der Waals surface area contributed by atoms with Gasteiger partial charge in [-0.05, 0) is 43.2 Å². The Hall–Kier alpha value is -1.59. The van der Waals surface area contributed by atoms with E-state index in [-0.39, 0.29) is 5.82 Å². The zero-order chi connectivity index (χ0) is 16.2. The first-order valence-corrected chi connectivity index (χ1v) is 8.62. The Kier molecular flexibility index (Phi) is 5.18. The number of hydrogen-bond acceptors (Lipinski definition) is 3. The van der Waals surface area contributed by atoms with Gasteiger partial charge in [-0.2, -0.15) is 0 Å². The lowest BCUT2D eigenvalue weighted by atomic mass is 10.0. The molecule has 1 aliphatic heterocycles. The molecule has 0 radical (unpaired) electrons. The smallest absolute Gasteiger partial charge is 0.146 e. The lowest BCUT2D eigenvalue weighted by molar-refractivity contribution is 0.209. The molecule has 0 spiro atoms. The third kappa shape index (κ3) is 4.24. The van der Waals surface area contributed by atoms with Crippen molar-refractivity contribution in [1.82, 2.24) is 4.90 Å². The number of anilines is 1. The van der Waals surface area contributed by atoms with E-state index in [0.717, 1.165) is 42.5 Å². The highest BCUT2D eigenvalue weighted by atomic mass is 79.9. The molecule has 3 rings (SSSR count). The summed E-state index contributed by atoms with van der Waals surface area (Å²) in [6.07, 6.45) is 1.92. The minimum atomic E-state index is -0.200. The largest absolute Gasteiger partial charge is 0.508 e. The van der Waals surface area contributed by atoms with E-state index in [1.165, 1.54) is 6.07 Å². The number of nitrogens with zero attached hydrogens (tertiary/aromatic N) is 1. The van der Waals surface area contributed by atoms with Crippen LogP contribution in [0.15, 0.2) is 46.9 Å². The van der Waals surface area contributed by atoms with Crippen molar-refractivity contribution in [3.05, 3.63) is 58.3 Å². The van der Waals surface area contributed by atoms with E-state index in [1.807, 2.05) is 18.2 Å². The maximum Gasteiger partial charge on any atom is 0.146 e. The molecule has 0 amide bonds. The van der Waals surface area contributed by atoms with Crippen LogP contribution in [-0.4, -0.2) is 29.1 Å². The number of para-hydroxylation sites is 1. The molecule has 2 aromatic carbocycles. The molecule has 0 aromatic heterocycles. The predicted octanol–water partition coefficient (Wildman–Crippen LogP) is 4.37. The minimum Gasteiger partial charge on any atom is -0.508 e. The van der Waals surface area contributed by atoms with Gasteiger partial charge < -0.3 is 10.4 Å². The highest BCUT2D eigenvalue weighted by Gasteiger charge is 2.20. The first-order chi connectivity index (χ1) is 11.1. The summed E-state index contributed by atoms with van der Waals surface area (Å²) in [6.45, 7) is 2.59. The molecule has 3 nitrogen and oxygen atoms in total. The van der Waals surface area contributed by atoms with Crippen molar-refractivity contribution in [2.75, 3.05) is 18.4 Å². The summed E-state index contributed by atoms with van der Waals surface area (Å²) in [6, 6.07) is 12.6. The fraction of sp³-hybridized carbons (Fsp3) is 0.333. The highest BCUT2D eigenvalue weighted by molar-refractivity contribution is 9.10. The molecule has 0 saturated carbocycles. The molecule has 1 fully saturated rings. The average molecular weight is 379 g/mol. The van der Waals surface area contributed by atoms with Crippen LogP contribution in [0.3, 0.4) is 0 Å². The Bertz CT molecular complexity index is 672. The first-order valence-electron chi connectivity index (χ1n) is 7.82. The molecule has 5 heteroatoms. The van der Waals surface area contributed by atoms with E-state index in [4.69, 9.17) is 0 Å². The van der Waals surface area contributed by atoms with Gasteiger partial charge in [0.05, 0.1) is 5.69 Å². The monoisotopic (exact) mass is 378 g/mol. The number of benzene rings is 2. The Morgan fingerprint density at radius 3 is 2.65 bits per heavy atom. The summed E-state index contributed by atoms with van der Waals surface area (Å²) in [4.78, 5) is 2.32. The van der Waals surface area contributed by atoms with Crippen molar-refractivity contribution in [3.8, 4) is 5.75 Å². The third-order valence-electron chi connectivity index (χ3n) is 4.26. The second-order valence-electron chi connectivity index (χ2n) is 5.95. The predicted molar refractivity (Wildman–Crippen MR) is 94.1 cm³/mol. The fourth-order valence-corrected chi connectivity index (χ4v) is 3.36. The number of rotatable bonds is 4. The number of nitrogens with one attached hydrogen (secondary N) is 1. The molecule has 0 unspecified atom stereocenters. The highest BCUT2D eigenvalue weighted by Crippen LogP contribution is 2.25. The number of phenols is 1. The molecule has 0 aliphatic carbocycles. The van der Waals surface area contributed by atoms with Crippen LogP contribution in [0.25, 0.3) is 0 Å². The number of hydrogen-bond donors (Lipinski definition) is 2. The molecule has 1 saturated heterocycles. The Morgan fingerprint density at radius 2 is 1.91 bits per heavy atom. The van der Waals surface area contributed by atoms with Gasteiger partial charge in [0.1, 0.15) is 11.6 Å². The van der Waals surface area contributed by atoms with Crippen molar-refractivity contribution in [2.45, 2.75) is 25.4 Å². The molecule has 122 valence electrons. The van der Waals surface area contributed by atoms with E-state index in [2.05, 4.69) is 26.1 Å². The Morgan fingerprint density at radius 1 is 1.17 bits per heavy atom. The first kappa shape index (κ1) is 16.3. The van der Waals surface area contributed by atoms with Crippen molar-refractivity contribution >= 4 is 21.6 Å². The van der Waals surface area contributed by atoms with E-state index in [9.17, 15) is 9.50 Å². The van der Waals surface area contributed by atoms with Crippen molar-refractivity contribution < 1.29 is 9.50 Å². The summed E-state index contributed by atoms with van der Waals surface area (Å²) in [5.74, 6) is 0.133. The number of aromatic hydroxyl groups is 1. The van der Waals surface area contributed by atoms with Gasteiger partial charge >= 0.3 is 0 Å². The molecule has 23 heavy (non-hydrogen) atoms. The number of piperidine rings is 1. The zero-order valence-corrected chi connectivity index (χ0v) is 14.4. The second-order valence-corrected chi connectivity index (χ2v) is 6.86. The maximum atomic E-state index is 13.7. The van der Waals surface area contributed by atoms with Crippen molar-refractivity contribution in [2.24, 2.45) is 0 Å². The van der Waals surface area contributed by atoms with Gasteiger partial charge in [0, 0.05) is 35.7 Å². The summed E-state index contributed by atoms with van der Waals surface area (Å²) in [5, 5.41) is 13.2. The summed E-state index contributed by atoms with van der Waals surface area (Å²) < 4.78 is 14.7. The van der Waals surface area contributed by atoms with E-state index in [0.29, 0.717) is 17.5 Å². The minimum absolute atomic E-state index is 0.200. The van der Waals surface area contributed by atoms with Crippen LogP contribution < -0.4 is 5.32 Å². The maximum absolute atomic E-state index is 13.7. The van der Waals surface area contributed by atoms with Crippen molar-refractivity contribution in [3.63, 3.8) is 0 Å². The van der Waals surface area contributed by atoms with Crippen molar-refractivity contribution in [1.29, 1.82) is 0 Å². The van der Waals surface area contributed by atoms with Crippen LogP contribution in [0.5, 0.6) is 5.75 Å². The van der Waals surface area contributed by atoms with Crippen LogP contribution >= 0.6 is 15.9 Å². The summed E-state index contributed by atoms with van der Waals surface area (Å²) >= 11 is 3.44. The van der Waals surface area contributed by atoms with Gasteiger partial charge in [-0.3, -0.25) is 4.90 Å². The molecule has 1 aliphatic rings. The van der Waals surface area contributed by atoms with Gasteiger partial charge in [-0.1, -0.05) is 28.1 Å². The van der Waals surface area contributed by atoms with Gasteiger partial charge in [-0.15, -0.1) is 0 Å². The zero-order valence-electron chi connectivity index (χ0n) is 12.8. The Balaban J connectivity index is 1.54. The normalized spacial score (nSPS) is 16.4. The van der Waals surface area contributed by atoms with Crippen LogP contribution in [0.2, 0.25) is 0 Å². The van der Waals surface area contributed by atoms with E-state index >= 15 is 0 Å². The molecular formula is C18H20BrFN2O. The van der Waals surface area contributed by atoms with E-state index < -0.39 is 0 Å². The van der Waals surface area contributed by atoms with Gasteiger partial charge in [0.15, 0.2) is 0 Å². The average Bonchev–Trinajstić information content (AvgIpc) is 2.55. The summed E-state index contributed by atoms with van der Waals surface area (Å²) in [7, 11) is 0. The van der Waals surface area contributed by atoms with E-state index in [1.54, 1.807) is 18.2 Å². The quantitative estimate of drug-likeness (QED) is 0.828. The van der Waals surface area contributed by atoms with Gasteiger partial charge in [0.2, 0.25) is 0 Å². The SMILES string of the molecule is Oc1ccc(Br)cc1CN1CCC(Nc2ccccc2F)CC1. The van der Waals surface area contributed by atoms with Crippen LogP contribution in [-0.2, 0) is 6.54 Å². The third-order valence-corrected chi connectivity index (χ3v) is 4.75. The topological polar surface area (TPSA) is 35.5 Å². The fourth-order valence-electron chi connectivity index (χ4n) is 2.96. The molecule has 1 heterocycles. The van der Waals surface area contributed by atoms with Gasteiger partial charge in [0.25, 0.3) is 0 Å². The number of likely N-dealkylation sites (tertiary alicyclic amines) is 1. The van der Waals surface area contributed by atoms with Crippen LogP contribution in [0.4, 0.5) is 10.1 Å². The second kappa shape index (κ2) is 7.32. The molecule has 2 aromatic rings. The standard InChI is InChI=1S/C18H20BrFN2O/c19-14-5-6-18(23)13(11-14)12-22-9-7-15(8-10-22)21-17-4-2-1-3-16(17)20/h1-6,11,15,21,23H,7-10,12H2. The summed E-state index contributed by atoms with van der Waals surface area (Å²) in [5.41, 5.74) is 1.51. The molecule has 0 atom stereocenters. The Labute approximate surface area is 144 Å². The lowest BCUT2D eigenvalue weighted by Gasteiger charge is -2.33.